The van der Waals surface area contributed by atoms with Crippen LogP contribution < -0.4 is 4.74 Å². The monoisotopic (exact) mass is 209 g/mol. The minimum Gasteiger partial charge on any atom is -0.388 e. The molecule has 0 bridgehead atoms. The maximum atomic E-state index is 12.1. The summed E-state index contributed by atoms with van der Waals surface area (Å²) >= 11 is 0. The molecule has 0 atom stereocenters. The standard InChI is InChI=1S/C8H7F4NO/c1-5-2-3-6(4-9)13-7(5)14-8(10,11)12/h2-3H,4H2,1H3. The predicted octanol–water partition coefficient (Wildman–Crippen LogP) is 2.76. The molecule has 0 aromatic carbocycles. The number of aryl methyl sites for hydroxylation is 1. The van der Waals surface area contributed by atoms with E-state index in [9.17, 15) is 17.6 Å². The van der Waals surface area contributed by atoms with Crippen molar-refractivity contribution >= 4 is 0 Å². The van der Waals surface area contributed by atoms with Crippen molar-refractivity contribution in [2.45, 2.75) is 20.0 Å². The summed E-state index contributed by atoms with van der Waals surface area (Å²) in [5.41, 5.74) is 0.120. The molecule has 1 aromatic heterocycles. The van der Waals surface area contributed by atoms with E-state index in [2.05, 4.69) is 9.72 Å². The van der Waals surface area contributed by atoms with Crippen molar-refractivity contribution < 1.29 is 22.3 Å². The lowest BCUT2D eigenvalue weighted by molar-refractivity contribution is -0.276. The molecule has 1 heterocycles. The third kappa shape index (κ3) is 2.86. The average Bonchev–Trinajstić information content (AvgIpc) is 2.06. The van der Waals surface area contributed by atoms with Gasteiger partial charge in [-0.15, -0.1) is 13.2 Å². The molecule has 2 nitrogen and oxygen atoms in total. The maximum Gasteiger partial charge on any atom is 0.574 e. The number of hydrogen-bond donors (Lipinski definition) is 0. The van der Waals surface area contributed by atoms with E-state index in [1.807, 2.05) is 0 Å². The number of halogens is 4. The van der Waals surface area contributed by atoms with Crippen LogP contribution in [0.2, 0.25) is 0 Å². The fourth-order valence-corrected chi connectivity index (χ4v) is 0.836. The summed E-state index contributed by atoms with van der Waals surface area (Å²) in [7, 11) is 0. The third-order valence-electron chi connectivity index (χ3n) is 1.46. The summed E-state index contributed by atoms with van der Waals surface area (Å²) < 4.78 is 51.1. The van der Waals surface area contributed by atoms with Gasteiger partial charge in [-0.1, -0.05) is 6.07 Å². The minimum atomic E-state index is -4.80. The van der Waals surface area contributed by atoms with Crippen LogP contribution in [-0.4, -0.2) is 11.3 Å². The number of hydrogen-bond acceptors (Lipinski definition) is 2. The largest absolute Gasteiger partial charge is 0.574 e. The lowest BCUT2D eigenvalue weighted by Crippen LogP contribution is -2.18. The Morgan fingerprint density at radius 1 is 1.36 bits per heavy atom. The Morgan fingerprint density at radius 2 is 2.00 bits per heavy atom. The van der Waals surface area contributed by atoms with E-state index in [1.165, 1.54) is 19.1 Å². The van der Waals surface area contributed by atoms with Gasteiger partial charge in [-0.3, -0.25) is 0 Å². The molecule has 78 valence electrons. The second kappa shape index (κ2) is 3.81. The molecule has 0 fully saturated rings. The van der Waals surface area contributed by atoms with Gasteiger partial charge in [0.05, 0.1) is 5.69 Å². The van der Waals surface area contributed by atoms with Gasteiger partial charge in [0.2, 0.25) is 5.88 Å². The van der Waals surface area contributed by atoms with Gasteiger partial charge >= 0.3 is 6.36 Å². The normalized spacial score (nSPS) is 11.5. The van der Waals surface area contributed by atoms with Crippen LogP contribution in [-0.2, 0) is 6.67 Å². The first kappa shape index (κ1) is 10.7. The summed E-state index contributed by atoms with van der Waals surface area (Å²) in [6.45, 7) is 0.477. The SMILES string of the molecule is Cc1ccc(CF)nc1OC(F)(F)F. The van der Waals surface area contributed by atoms with Crippen LogP contribution in [0.3, 0.4) is 0 Å². The number of rotatable bonds is 2. The Hall–Kier alpha value is -1.33. The second-order valence-corrected chi connectivity index (χ2v) is 2.61. The van der Waals surface area contributed by atoms with Gasteiger partial charge in [0.25, 0.3) is 0 Å². The van der Waals surface area contributed by atoms with Crippen LogP contribution in [0.5, 0.6) is 5.88 Å². The summed E-state index contributed by atoms with van der Waals surface area (Å²) in [6, 6.07) is 2.63. The number of nitrogens with zero attached hydrogens (tertiary/aromatic N) is 1. The van der Waals surface area contributed by atoms with Gasteiger partial charge in [-0.25, -0.2) is 9.37 Å². The molecule has 0 spiro atoms. The van der Waals surface area contributed by atoms with Crippen molar-refractivity contribution in [3.8, 4) is 5.88 Å². The highest BCUT2D eigenvalue weighted by Gasteiger charge is 2.32. The fourth-order valence-electron chi connectivity index (χ4n) is 0.836. The zero-order valence-electron chi connectivity index (χ0n) is 7.23. The van der Waals surface area contributed by atoms with Crippen LogP contribution in [0.1, 0.15) is 11.3 Å². The van der Waals surface area contributed by atoms with E-state index < -0.39 is 18.9 Å². The van der Waals surface area contributed by atoms with Gasteiger partial charge in [-0.2, -0.15) is 0 Å². The maximum absolute atomic E-state index is 12.1. The van der Waals surface area contributed by atoms with Crippen molar-refractivity contribution in [3.63, 3.8) is 0 Å². The number of aromatic nitrogens is 1. The third-order valence-corrected chi connectivity index (χ3v) is 1.46. The molecule has 1 aromatic rings. The van der Waals surface area contributed by atoms with Gasteiger partial charge in [0.1, 0.15) is 6.67 Å². The molecule has 0 radical (unpaired) electrons. The van der Waals surface area contributed by atoms with E-state index in [1.54, 1.807) is 0 Å². The summed E-state index contributed by atoms with van der Waals surface area (Å²) in [5, 5.41) is 0. The predicted molar refractivity (Wildman–Crippen MR) is 40.5 cm³/mol. The Morgan fingerprint density at radius 3 is 2.50 bits per heavy atom. The first-order valence-electron chi connectivity index (χ1n) is 3.70. The Labute approximate surface area is 77.5 Å². The molecule has 1 rings (SSSR count). The molecule has 0 saturated heterocycles. The first-order valence-corrected chi connectivity index (χ1v) is 3.70. The topological polar surface area (TPSA) is 22.1 Å². The second-order valence-electron chi connectivity index (χ2n) is 2.61. The van der Waals surface area contributed by atoms with Gasteiger partial charge in [-0.05, 0) is 13.0 Å². The lowest BCUT2D eigenvalue weighted by atomic mass is 10.3. The quantitative estimate of drug-likeness (QED) is 0.698. The number of pyridine rings is 1. The average molecular weight is 209 g/mol. The molecule has 0 saturated carbocycles. The van der Waals surface area contributed by atoms with Crippen LogP contribution >= 0.6 is 0 Å². The molecule has 0 N–H and O–H groups in total. The number of alkyl halides is 4. The van der Waals surface area contributed by atoms with Crippen molar-refractivity contribution in [2.24, 2.45) is 0 Å². The molecule has 14 heavy (non-hydrogen) atoms. The van der Waals surface area contributed by atoms with Crippen molar-refractivity contribution in [3.05, 3.63) is 23.4 Å². The molecule has 0 aliphatic heterocycles. The van der Waals surface area contributed by atoms with E-state index >= 15 is 0 Å². The molecule has 0 aliphatic carbocycles. The molecule has 0 aliphatic rings. The lowest BCUT2D eigenvalue weighted by Gasteiger charge is -2.10. The van der Waals surface area contributed by atoms with E-state index in [-0.39, 0.29) is 11.3 Å². The minimum absolute atomic E-state index is 0.0881. The molecule has 6 heteroatoms. The van der Waals surface area contributed by atoms with Crippen LogP contribution in [0.4, 0.5) is 17.6 Å². The van der Waals surface area contributed by atoms with E-state index in [0.717, 1.165) is 0 Å². The summed E-state index contributed by atoms with van der Waals surface area (Å²) in [5.74, 6) is -0.604. The molecule has 0 amide bonds. The van der Waals surface area contributed by atoms with E-state index in [0.29, 0.717) is 0 Å². The Balaban J connectivity index is 2.95. The zero-order chi connectivity index (χ0) is 10.8. The first-order chi connectivity index (χ1) is 6.42. The van der Waals surface area contributed by atoms with Crippen molar-refractivity contribution in [2.75, 3.05) is 0 Å². The summed E-state index contributed by atoms with van der Waals surface area (Å²) in [4.78, 5) is 3.36. The van der Waals surface area contributed by atoms with Crippen LogP contribution in [0, 0.1) is 6.92 Å². The molecular weight excluding hydrogens is 202 g/mol. The Kier molecular flexibility index (Phi) is 2.93. The zero-order valence-corrected chi connectivity index (χ0v) is 7.23. The van der Waals surface area contributed by atoms with Crippen LogP contribution in [0.15, 0.2) is 12.1 Å². The van der Waals surface area contributed by atoms with E-state index in [4.69, 9.17) is 0 Å². The fraction of sp³-hybridized carbons (Fsp3) is 0.375. The highest BCUT2D eigenvalue weighted by atomic mass is 19.4. The highest BCUT2D eigenvalue weighted by molar-refractivity contribution is 5.26. The highest BCUT2D eigenvalue weighted by Crippen LogP contribution is 2.24. The Bertz CT molecular complexity index is 324. The smallest absolute Gasteiger partial charge is 0.388 e. The molecular formula is C8H7F4NO. The van der Waals surface area contributed by atoms with Crippen LogP contribution in [0.25, 0.3) is 0 Å². The van der Waals surface area contributed by atoms with Crippen molar-refractivity contribution in [1.29, 1.82) is 0 Å². The summed E-state index contributed by atoms with van der Waals surface area (Å²) in [6.07, 6.45) is -4.80. The number of ether oxygens (including phenoxy) is 1. The molecule has 0 unspecified atom stereocenters. The van der Waals surface area contributed by atoms with Gasteiger partial charge in [0.15, 0.2) is 0 Å². The van der Waals surface area contributed by atoms with Crippen molar-refractivity contribution in [1.82, 2.24) is 4.98 Å². The van der Waals surface area contributed by atoms with Gasteiger partial charge in [0, 0.05) is 5.56 Å². The van der Waals surface area contributed by atoms with Gasteiger partial charge < -0.3 is 4.74 Å².